The van der Waals surface area contributed by atoms with E-state index in [1.54, 1.807) is 36.4 Å². The van der Waals surface area contributed by atoms with E-state index in [0.29, 0.717) is 43.8 Å². The molecule has 0 aliphatic rings. The summed E-state index contributed by atoms with van der Waals surface area (Å²) in [5.41, 5.74) is 1.48. The van der Waals surface area contributed by atoms with Gasteiger partial charge in [0.2, 0.25) is 5.91 Å². The smallest absolute Gasteiger partial charge is 0.261 e. The number of hydrogen-bond acceptors (Lipinski definition) is 3. The number of nitrogens with one attached hydrogen (secondary N) is 1. The first-order valence-corrected chi connectivity index (χ1v) is 13.8. The number of carbonyl (C=O) groups excluding carboxylic acids is 2. The Kier molecular flexibility index (Phi) is 11.6. The molecule has 0 aliphatic heterocycles. The van der Waals surface area contributed by atoms with Crippen LogP contribution in [0.4, 0.5) is 0 Å². The quantitative estimate of drug-likeness (QED) is 0.214. The summed E-state index contributed by atoms with van der Waals surface area (Å²) in [5.74, 6) is -0.175. The summed E-state index contributed by atoms with van der Waals surface area (Å²) >= 11 is 22.4. The zero-order chi connectivity index (χ0) is 26.8. The van der Waals surface area contributed by atoms with Gasteiger partial charge in [0.05, 0.1) is 4.47 Å². The van der Waals surface area contributed by atoms with E-state index in [0.717, 1.165) is 18.4 Å². The Morgan fingerprint density at radius 1 is 1.00 bits per heavy atom. The van der Waals surface area contributed by atoms with Crippen LogP contribution in [0.15, 0.2) is 71.2 Å². The Bertz CT molecular complexity index is 1190. The minimum Gasteiger partial charge on any atom is -0.483 e. The molecule has 0 fully saturated rings. The average molecular weight is 627 g/mol. The monoisotopic (exact) mass is 624 g/mol. The lowest BCUT2D eigenvalue weighted by Gasteiger charge is -2.32. The van der Waals surface area contributed by atoms with Crippen molar-refractivity contribution < 1.29 is 14.3 Å². The third-order valence-electron chi connectivity index (χ3n) is 5.74. The van der Waals surface area contributed by atoms with Crippen molar-refractivity contribution in [2.75, 3.05) is 13.2 Å². The van der Waals surface area contributed by atoms with E-state index in [1.165, 1.54) is 4.90 Å². The molecule has 0 aromatic heterocycles. The van der Waals surface area contributed by atoms with Crippen LogP contribution in [0.25, 0.3) is 0 Å². The molecule has 1 atom stereocenters. The molecular formula is C28H28BrCl3N2O3. The highest BCUT2D eigenvalue weighted by atomic mass is 79.9. The zero-order valence-electron chi connectivity index (χ0n) is 20.4. The second-order valence-corrected chi connectivity index (χ2v) is 10.5. The van der Waals surface area contributed by atoms with Gasteiger partial charge in [-0.3, -0.25) is 9.59 Å². The maximum atomic E-state index is 13.7. The largest absolute Gasteiger partial charge is 0.483 e. The predicted molar refractivity (Wildman–Crippen MR) is 154 cm³/mol. The molecule has 2 amide bonds. The Hall–Kier alpha value is -2.25. The first kappa shape index (κ1) is 29.3. The molecule has 5 nitrogen and oxygen atoms in total. The van der Waals surface area contributed by atoms with Gasteiger partial charge < -0.3 is 15.0 Å². The van der Waals surface area contributed by atoms with Gasteiger partial charge in [0.25, 0.3) is 5.91 Å². The molecule has 3 aromatic carbocycles. The summed E-state index contributed by atoms with van der Waals surface area (Å²) in [6.07, 6.45) is 2.09. The molecule has 9 heteroatoms. The van der Waals surface area contributed by atoms with E-state index in [4.69, 9.17) is 39.5 Å². The molecule has 0 bridgehead atoms. The van der Waals surface area contributed by atoms with E-state index in [2.05, 4.69) is 28.2 Å². The molecule has 3 aromatic rings. The molecule has 0 heterocycles. The minimum absolute atomic E-state index is 0.0428. The summed E-state index contributed by atoms with van der Waals surface area (Å²) < 4.78 is 6.43. The minimum atomic E-state index is -0.809. The van der Waals surface area contributed by atoms with Crippen LogP contribution in [0.1, 0.15) is 30.9 Å². The second kappa shape index (κ2) is 14.6. The maximum Gasteiger partial charge on any atom is 0.261 e. The lowest BCUT2D eigenvalue weighted by molar-refractivity contribution is -0.142. The molecule has 37 heavy (non-hydrogen) atoms. The van der Waals surface area contributed by atoms with Gasteiger partial charge in [0.1, 0.15) is 11.8 Å². The predicted octanol–water partition coefficient (Wildman–Crippen LogP) is 7.34. The number of benzene rings is 3. The van der Waals surface area contributed by atoms with Crippen LogP contribution in [-0.2, 0) is 22.6 Å². The fourth-order valence-corrected chi connectivity index (χ4v) is 5.04. The Balaban J connectivity index is 1.94. The summed E-state index contributed by atoms with van der Waals surface area (Å²) in [6.45, 7) is 2.32. The average Bonchev–Trinajstić information content (AvgIpc) is 2.87. The molecule has 0 saturated heterocycles. The van der Waals surface area contributed by atoms with Crippen molar-refractivity contribution in [3.05, 3.63) is 97.4 Å². The number of halogens is 4. The normalized spacial score (nSPS) is 11.6. The van der Waals surface area contributed by atoms with Gasteiger partial charge in [-0.25, -0.2) is 0 Å². The van der Waals surface area contributed by atoms with Gasteiger partial charge >= 0.3 is 0 Å². The number of carbonyl (C=O) groups is 2. The summed E-state index contributed by atoms with van der Waals surface area (Å²) in [4.78, 5) is 28.6. The fraction of sp³-hybridized carbons (Fsp3) is 0.286. The van der Waals surface area contributed by atoms with Crippen molar-refractivity contribution >= 4 is 62.5 Å². The number of nitrogens with zero attached hydrogens (tertiary/aromatic N) is 1. The van der Waals surface area contributed by atoms with Crippen LogP contribution in [0, 0.1) is 0 Å². The number of unbranched alkanes of at least 4 members (excludes halogenated alkanes) is 1. The lowest BCUT2D eigenvalue weighted by Crippen LogP contribution is -2.52. The third-order valence-corrected chi connectivity index (χ3v) is 7.30. The fourth-order valence-electron chi connectivity index (χ4n) is 3.73. The van der Waals surface area contributed by atoms with Crippen LogP contribution in [-0.4, -0.2) is 35.9 Å². The highest BCUT2D eigenvalue weighted by Crippen LogP contribution is 2.29. The SMILES string of the molecule is CCCCNC(=O)[C@H](Cc1ccccc1)N(Cc1c(Cl)cccc1Cl)C(=O)COc1ccc(Cl)cc1Br. The maximum absolute atomic E-state index is 13.7. The van der Waals surface area contributed by atoms with Gasteiger partial charge in [0, 0.05) is 40.1 Å². The molecular weight excluding hydrogens is 599 g/mol. The standard InChI is InChI=1S/C28H28BrCl3N2O3/c1-2-3-14-33-28(36)25(15-19-8-5-4-6-9-19)34(17-21-23(31)10-7-11-24(21)32)27(35)18-37-26-13-12-20(30)16-22(26)29/h4-13,16,25H,2-3,14-15,17-18H2,1H3,(H,33,36)/t25-/m0/s1. The van der Waals surface area contributed by atoms with Gasteiger partial charge in [-0.1, -0.05) is 84.5 Å². The summed E-state index contributed by atoms with van der Waals surface area (Å²) in [5, 5.41) is 4.34. The van der Waals surface area contributed by atoms with Crippen LogP contribution < -0.4 is 10.1 Å². The first-order valence-electron chi connectivity index (χ1n) is 11.9. The van der Waals surface area contributed by atoms with Crippen molar-refractivity contribution in [2.45, 2.75) is 38.8 Å². The molecule has 3 rings (SSSR count). The molecule has 0 spiro atoms. The topological polar surface area (TPSA) is 58.6 Å². The molecule has 1 N–H and O–H groups in total. The third kappa shape index (κ3) is 8.64. The summed E-state index contributed by atoms with van der Waals surface area (Å²) in [6, 6.07) is 18.9. The van der Waals surface area contributed by atoms with E-state index >= 15 is 0 Å². The van der Waals surface area contributed by atoms with Crippen LogP contribution >= 0.6 is 50.7 Å². The van der Waals surface area contributed by atoms with Crippen molar-refractivity contribution in [1.82, 2.24) is 10.2 Å². The van der Waals surface area contributed by atoms with Gasteiger partial charge in [0.15, 0.2) is 6.61 Å². The van der Waals surface area contributed by atoms with Crippen molar-refractivity contribution in [2.24, 2.45) is 0 Å². The number of ether oxygens (including phenoxy) is 1. The van der Waals surface area contributed by atoms with Gasteiger partial charge in [-0.2, -0.15) is 0 Å². The van der Waals surface area contributed by atoms with Crippen LogP contribution in [0.2, 0.25) is 15.1 Å². The zero-order valence-corrected chi connectivity index (χ0v) is 24.2. The van der Waals surface area contributed by atoms with Gasteiger partial charge in [-0.05, 0) is 58.2 Å². The Morgan fingerprint density at radius 3 is 2.35 bits per heavy atom. The Labute approximate surface area is 241 Å². The first-order chi connectivity index (χ1) is 17.8. The second-order valence-electron chi connectivity index (χ2n) is 8.44. The highest BCUT2D eigenvalue weighted by Gasteiger charge is 2.31. The van der Waals surface area contributed by atoms with Gasteiger partial charge in [-0.15, -0.1) is 0 Å². The molecule has 196 valence electrons. The number of amides is 2. The highest BCUT2D eigenvalue weighted by molar-refractivity contribution is 9.10. The van der Waals surface area contributed by atoms with Crippen molar-refractivity contribution in [3.8, 4) is 5.75 Å². The molecule has 0 radical (unpaired) electrons. The molecule has 0 unspecified atom stereocenters. The number of hydrogen-bond donors (Lipinski definition) is 1. The van der Waals surface area contributed by atoms with E-state index in [1.807, 2.05) is 30.3 Å². The van der Waals surface area contributed by atoms with Crippen LogP contribution in [0.5, 0.6) is 5.75 Å². The summed E-state index contributed by atoms with van der Waals surface area (Å²) in [7, 11) is 0. The van der Waals surface area contributed by atoms with E-state index in [-0.39, 0.29) is 25.0 Å². The van der Waals surface area contributed by atoms with E-state index < -0.39 is 6.04 Å². The van der Waals surface area contributed by atoms with Crippen LogP contribution in [0.3, 0.4) is 0 Å². The Morgan fingerprint density at radius 2 is 1.70 bits per heavy atom. The van der Waals surface area contributed by atoms with Crippen molar-refractivity contribution in [1.29, 1.82) is 0 Å². The van der Waals surface area contributed by atoms with Crippen molar-refractivity contribution in [3.63, 3.8) is 0 Å². The molecule has 0 aliphatic carbocycles. The lowest BCUT2D eigenvalue weighted by atomic mass is 10.0. The molecule has 0 saturated carbocycles. The van der Waals surface area contributed by atoms with E-state index in [9.17, 15) is 9.59 Å². The number of rotatable bonds is 12.